The van der Waals surface area contributed by atoms with Gasteiger partial charge in [-0.15, -0.1) is 0 Å². The number of benzene rings is 2. The summed E-state index contributed by atoms with van der Waals surface area (Å²) in [6.45, 7) is 3.76. The first-order valence-electron chi connectivity index (χ1n) is 8.94. The summed E-state index contributed by atoms with van der Waals surface area (Å²) in [6, 6.07) is 13.9. The van der Waals surface area contributed by atoms with Crippen LogP contribution in [-0.2, 0) is 11.3 Å². The Morgan fingerprint density at radius 2 is 1.83 bits per heavy atom. The van der Waals surface area contributed by atoms with Crippen LogP contribution in [0.5, 0.6) is 5.75 Å². The van der Waals surface area contributed by atoms with Crippen molar-refractivity contribution < 1.29 is 14.3 Å². The predicted molar refractivity (Wildman–Crippen MR) is 121 cm³/mol. The van der Waals surface area contributed by atoms with Gasteiger partial charge in [-0.05, 0) is 70.0 Å². The third-order valence-electron chi connectivity index (χ3n) is 4.19. The van der Waals surface area contributed by atoms with Crippen LogP contribution in [0.15, 0.2) is 62.6 Å². The van der Waals surface area contributed by atoms with Crippen molar-refractivity contribution in [1.29, 1.82) is 0 Å². The number of amides is 1. The number of aromatic nitrogens is 2. The van der Waals surface area contributed by atoms with Gasteiger partial charge in [0, 0.05) is 10.0 Å². The number of aryl methyl sites for hydroxylation is 1. The van der Waals surface area contributed by atoms with Crippen molar-refractivity contribution in [1.82, 2.24) is 15.2 Å². The molecule has 154 valence electrons. The molecule has 0 radical (unpaired) electrons. The third-order valence-corrected chi connectivity index (χ3v) is 6.03. The number of hydrogen-bond acceptors (Lipinski definition) is 5. The molecule has 30 heavy (non-hydrogen) atoms. The van der Waals surface area contributed by atoms with Crippen LogP contribution in [0.1, 0.15) is 27.3 Å². The Hall–Kier alpha value is -2.78. The monoisotopic (exact) mass is 532 g/mol. The zero-order valence-electron chi connectivity index (χ0n) is 16.2. The Bertz CT molecular complexity index is 1130. The number of nitrogens with one attached hydrogen (secondary N) is 1. The second-order valence-electron chi connectivity index (χ2n) is 6.34. The Balaban J connectivity index is 1.66. The summed E-state index contributed by atoms with van der Waals surface area (Å²) in [6.07, 6.45) is 1.43. The van der Waals surface area contributed by atoms with Gasteiger partial charge in [-0.2, -0.15) is 10.2 Å². The van der Waals surface area contributed by atoms with Crippen LogP contribution in [0.3, 0.4) is 0 Å². The molecule has 0 aliphatic rings. The van der Waals surface area contributed by atoms with Crippen molar-refractivity contribution in [3.8, 4) is 5.75 Å². The van der Waals surface area contributed by atoms with Crippen molar-refractivity contribution in [3.63, 3.8) is 0 Å². The lowest BCUT2D eigenvalue weighted by molar-refractivity contribution is -0.121. The lowest BCUT2D eigenvalue weighted by Gasteiger charge is -2.08. The van der Waals surface area contributed by atoms with E-state index in [2.05, 4.69) is 47.5 Å². The van der Waals surface area contributed by atoms with E-state index in [9.17, 15) is 9.59 Å². The highest BCUT2D eigenvalue weighted by molar-refractivity contribution is 9.10. The van der Waals surface area contributed by atoms with Crippen molar-refractivity contribution in [2.45, 2.75) is 20.4 Å². The first kappa shape index (κ1) is 21.9. The van der Waals surface area contributed by atoms with Crippen LogP contribution in [0.4, 0.5) is 0 Å². The molecule has 3 rings (SSSR count). The second-order valence-corrected chi connectivity index (χ2v) is 7.99. The van der Waals surface area contributed by atoms with Crippen LogP contribution in [0, 0.1) is 13.8 Å². The number of hydrazone groups is 1. The summed E-state index contributed by atoms with van der Waals surface area (Å²) < 4.78 is 8.62. The minimum Gasteiger partial charge on any atom is -0.422 e. The standard InChI is InChI=1S/C21H18Br2N4O3/c1-13-20(23)14(2)27(26-13)12-19(28)25-24-11-15-7-3-6-10-18(15)30-21(29)16-8-4-5-9-17(16)22/h3-11H,12H2,1-2H3,(H,25,28)/b24-11+. The van der Waals surface area contributed by atoms with Crippen LogP contribution in [0.2, 0.25) is 0 Å². The molecule has 0 bridgehead atoms. The summed E-state index contributed by atoms with van der Waals surface area (Å²) in [7, 11) is 0. The van der Waals surface area contributed by atoms with E-state index in [1.165, 1.54) is 6.21 Å². The molecule has 1 N–H and O–H groups in total. The predicted octanol–water partition coefficient (Wildman–Crippen LogP) is 4.39. The summed E-state index contributed by atoms with van der Waals surface area (Å²) >= 11 is 6.77. The van der Waals surface area contributed by atoms with Crippen LogP contribution in [0.25, 0.3) is 0 Å². The average molecular weight is 534 g/mol. The van der Waals surface area contributed by atoms with Gasteiger partial charge in [0.2, 0.25) is 0 Å². The number of hydrogen-bond donors (Lipinski definition) is 1. The number of ether oxygens (including phenoxy) is 1. The first-order valence-corrected chi connectivity index (χ1v) is 10.5. The highest BCUT2D eigenvalue weighted by Crippen LogP contribution is 2.22. The molecular formula is C21H18Br2N4O3. The number of carbonyl (C=O) groups is 2. The van der Waals surface area contributed by atoms with E-state index in [0.717, 1.165) is 15.9 Å². The lowest BCUT2D eigenvalue weighted by atomic mass is 10.2. The molecule has 1 aromatic heterocycles. The van der Waals surface area contributed by atoms with Gasteiger partial charge in [0.15, 0.2) is 0 Å². The quantitative estimate of drug-likeness (QED) is 0.220. The van der Waals surface area contributed by atoms with Crippen molar-refractivity contribution in [2.24, 2.45) is 5.10 Å². The van der Waals surface area contributed by atoms with Crippen molar-refractivity contribution >= 4 is 50.0 Å². The van der Waals surface area contributed by atoms with Gasteiger partial charge >= 0.3 is 5.97 Å². The summed E-state index contributed by atoms with van der Waals surface area (Å²) in [5.41, 5.74) is 5.09. The first-order chi connectivity index (χ1) is 14.4. The molecule has 9 heteroatoms. The van der Waals surface area contributed by atoms with Gasteiger partial charge in [0.05, 0.1) is 27.6 Å². The van der Waals surface area contributed by atoms with E-state index in [1.807, 2.05) is 19.9 Å². The van der Waals surface area contributed by atoms with Crippen LogP contribution >= 0.6 is 31.9 Å². The molecule has 0 aliphatic carbocycles. The zero-order valence-corrected chi connectivity index (χ0v) is 19.4. The van der Waals surface area contributed by atoms with Gasteiger partial charge in [0.25, 0.3) is 5.91 Å². The summed E-state index contributed by atoms with van der Waals surface area (Å²) in [5.74, 6) is -0.492. The largest absolute Gasteiger partial charge is 0.422 e. The number of esters is 1. The molecule has 0 unspecified atom stereocenters. The van der Waals surface area contributed by atoms with Gasteiger partial charge in [-0.1, -0.05) is 24.3 Å². The van der Waals surface area contributed by atoms with Gasteiger partial charge < -0.3 is 4.74 Å². The SMILES string of the molecule is Cc1nn(CC(=O)N/N=C/c2ccccc2OC(=O)c2ccccc2Br)c(C)c1Br. The fraction of sp³-hybridized carbons (Fsp3) is 0.143. The molecule has 0 fully saturated rings. The van der Waals surface area contributed by atoms with E-state index < -0.39 is 5.97 Å². The van der Waals surface area contributed by atoms with Crippen molar-refractivity contribution in [2.75, 3.05) is 0 Å². The molecule has 3 aromatic rings. The molecule has 7 nitrogen and oxygen atoms in total. The molecule has 0 spiro atoms. The Morgan fingerprint density at radius 3 is 2.53 bits per heavy atom. The van der Waals surface area contributed by atoms with E-state index in [-0.39, 0.29) is 12.5 Å². The molecule has 0 saturated heterocycles. The molecule has 2 aromatic carbocycles. The fourth-order valence-electron chi connectivity index (χ4n) is 2.64. The molecule has 1 amide bonds. The van der Waals surface area contributed by atoms with E-state index in [4.69, 9.17) is 4.74 Å². The number of nitrogens with zero attached hydrogens (tertiary/aromatic N) is 3. The maximum atomic E-state index is 12.5. The maximum absolute atomic E-state index is 12.5. The fourth-order valence-corrected chi connectivity index (χ4v) is 3.37. The van der Waals surface area contributed by atoms with Crippen LogP contribution in [-0.4, -0.2) is 27.9 Å². The molecule has 0 saturated carbocycles. The van der Waals surface area contributed by atoms with E-state index in [1.54, 1.807) is 47.1 Å². The second kappa shape index (κ2) is 9.82. The summed E-state index contributed by atoms with van der Waals surface area (Å²) in [5, 5.41) is 8.27. The normalized spacial score (nSPS) is 10.9. The highest BCUT2D eigenvalue weighted by atomic mass is 79.9. The number of carbonyl (C=O) groups excluding carboxylic acids is 2. The summed E-state index contributed by atoms with van der Waals surface area (Å²) in [4.78, 5) is 24.6. The van der Waals surface area contributed by atoms with Crippen molar-refractivity contribution in [3.05, 3.63) is 80.0 Å². The molecule has 0 aliphatic heterocycles. The number of rotatable bonds is 6. The third kappa shape index (κ3) is 5.22. The Morgan fingerprint density at radius 1 is 1.13 bits per heavy atom. The Kier molecular flexibility index (Phi) is 7.17. The number of para-hydroxylation sites is 1. The van der Waals surface area contributed by atoms with Crippen LogP contribution < -0.4 is 10.2 Å². The highest BCUT2D eigenvalue weighted by Gasteiger charge is 2.14. The van der Waals surface area contributed by atoms with E-state index >= 15 is 0 Å². The maximum Gasteiger partial charge on any atom is 0.344 e. The minimum absolute atomic E-state index is 0.0360. The molecule has 1 heterocycles. The molecule has 0 atom stereocenters. The average Bonchev–Trinajstić information content (AvgIpc) is 2.96. The Labute approximate surface area is 190 Å². The smallest absolute Gasteiger partial charge is 0.344 e. The van der Waals surface area contributed by atoms with Gasteiger partial charge in [0.1, 0.15) is 12.3 Å². The lowest BCUT2D eigenvalue weighted by Crippen LogP contribution is -2.24. The number of halogens is 2. The zero-order chi connectivity index (χ0) is 21.7. The van der Waals surface area contributed by atoms with Gasteiger partial charge in [-0.25, -0.2) is 10.2 Å². The topological polar surface area (TPSA) is 85.6 Å². The van der Waals surface area contributed by atoms with Gasteiger partial charge in [-0.3, -0.25) is 9.48 Å². The molecular weight excluding hydrogens is 516 g/mol. The minimum atomic E-state index is -0.498. The van der Waals surface area contributed by atoms with E-state index in [0.29, 0.717) is 21.3 Å².